The van der Waals surface area contributed by atoms with Crippen LogP contribution < -0.4 is 15.4 Å². The van der Waals surface area contributed by atoms with Gasteiger partial charge in [-0.3, -0.25) is 9.59 Å². The molecule has 0 radical (unpaired) electrons. The number of methoxy groups -OCH3 is 1. The van der Waals surface area contributed by atoms with Crippen LogP contribution in [-0.2, 0) is 12.8 Å². The van der Waals surface area contributed by atoms with E-state index >= 15 is 0 Å². The van der Waals surface area contributed by atoms with Gasteiger partial charge in [0, 0.05) is 17.0 Å². The number of hydrogen-bond acceptors (Lipinski definition) is 4. The smallest absolute Gasteiger partial charge is 0.256 e. The van der Waals surface area contributed by atoms with Crippen LogP contribution >= 0.6 is 11.3 Å². The summed E-state index contributed by atoms with van der Waals surface area (Å²) in [6.45, 7) is 2.75. The molecule has 2 N–H and O–H groups in total. The molecular weight excluding hydrogens is 360 g/mol. The maximum Gasteiger partial charge on any atom is 0.256 e. The topological polar surface area (TPSA) is 67.4 Å². The number of amides is 2. The lowest BCUT2D eigenvalue weighted by atomic mass is 9.95. The quantitative estimate of drug-likeness (QED) is 0.692. The van der Waals surface area contributed by atoms with Crippen LogP contribution in [0.25, 0.3) is 0 Å². The summed E-state index contributed by atoms with van der Waals surface area (Å²) in [5, 5.41) is 6.63. The Morgan fingerprint density at radius 3 is 2.78 bits per heavy atom. The van der Waals surface area contributed by atoms with E-state index in [9.17, 15) is 9.59 Å². The van der Waals surface area contributed by atoms with Gasteiger partial charge >= 0.3 is 0 Å². The van der Waals surface area contributed by atoms with Gasteiger partial charge in [-0.25, -0.2) is 0 Å². The van der Waals surface area contributed by atoms with Crippen molar-refractivity contribution in [1.29, 1.82) is 0 Å². The second kappa shape index (κ2) is 9.04. The number of fused-ring (bicyclic) bond motifs is 1. The molecule has 1 aromatic carbocycles. The molecule has 1 aliphatic rings. The van der Waals surface area contributed by atoms with Crippen LogP contribution in [0.1, 0.15) is 63.8 Å². The first-order valence-corrected chi connectivity index (χ1v) is 10.3. The van der Waals surface area contributed by atoms with Gasteiger partial charge in [0.05, 0.1) is 12.7 Å². The average molecular weight is 387 g/mol. The van der Waals surface area contributed by atoms with Gasteiger partial charge in [-0.1, -0.05) is 19.4 Å². The summed E-state index contributed by atoms with van der Waals surface area (Å²) in [6, 6.07) is 7.02. The maximum absolute atomic E-state index is 12.8. The fourth-order valence-electron chi connectivity index (χ4n) is 3.30. The van der Waals surface area contributed by atoms with Crippen LogP contribution in [0.4, 0.5) is 5.00 Å². The Morgan fingerprint density at radius 2 is 2.00 bits per heavy atom. The number of anilines is 1. The van der Waals surface area contributed by atoms with Gasteiger partial charge in [0.1, 0.15) is 10.8 Å². The summed E-state index contributed by atoms with van der Waals surface area (Å²) in [5.41, 5.74) is 2.28. The molecule has 3 rings (SSSR count). The number of aryl methyl sites for hydroxylation is 1. The monoisotopic (exact) mass is 386 g/mol. The minimum atomic E-state index is -0.227. The van der Waals surface area contributed by atoms with Crippen LogP contribution in [0.15, 0.2) is 24.3 Å². The summed E-state index contributed by atoms with van der Waals surface area (Å²) in [4.78, 5) is 26.8. The lowest BCUT2D eigenvalue weighted by Crippen LogP contribution is -2.26. The first-order chi connectivity index (χ1) is 13.1. The molecule has 0 bridgehead atoms. The number of carbonyl (C=O) groups is 2. The van der Waals surface area contributed by atoms with Crippen LogP contribution in [0, 0.1) is 0 Å². The number of hydrogen-bond donors (Lipinski definition) is 2. The van der Waals surface area contributed by atoms with Gasteiger partial charge in [0.15, 0.2) is 0 Å². The molecule has 0 saturated heterocycles. The molecule has 0 spiro atoms. The third kappa shape index (κ3) is 4.50. The number of ether oxygens (including phenoxy) is 1. The van der Waals surface area contributed by atoms with Gasteiger partial charge in [-0.05, 0) is 55.9 Å². The van der Waals surface area contributed by atoms with Crippen LogP contribution in [0.2, 0.25) is 0 Å². The van der Waals surface area contributed by atoms with E-state index in [-0.39, 0.29) is 11.8 Å². The Bertz CT molecular complexity index is 829. The van der Waals surface area contributed by atoms with E-state index < -0.39 is 0 Å². The van der Waals surface area contributed by atoms with Crippen LogP contribution in [0.3, 0.4) is 0 Å². The summed E-state index contributed by atoms with van der Waals surface area (Å²) in [5.74, 6) is 0.324. The molecule has 1 aromatic heterocycles. The van der Waals surface area contributed by atoms with Crippen molar-refractivity contribution >= 4 is 28.2 Å². The van der Waals surface area contributed by atoms with Crippen molar-refractivity contribution in [3.8, 4) is 5.75 Å². The number of unbranched alkanes of at least 4 members (excludes halogenated alkanes) is 1. The van der Waals surface area contributed by atoms with E-state index in [0.717, 1.165) is 44.1 Å². The summed E-state index contributed by atoms with van der Waals surface area (Å²) >= 11 is 1.54. The molecule has 5 nitrogen and oxygen atoms in total. The molecule has 2 aromatic rings. The fraction of sp³-hybridized carbons (Fsp3) is 0.429. The third-order valence-corrected chi connectivity index (χ3v) is 5.98. The molecule has 0 aliphatic heterocycles. The predicted molar refractivity (Wildman–Crippen MR) is 109 cm³/mol. The van der Waals surface area contributed by atoms with E-state index in [1.54, 1.807) is 31.4 Å². The highest BCUT2D eigenvalue weighted by molar-refractivity contribution is 7.17. The SMILES string of the molecule is CCCCNC(=O)c1c(NC(=O)c2cccc(OC)c2)sc2c1CCCC2. The van der Waals surface area contributed by atoms with Crippen LogP contribution in [0.5, 0.6) is 5.75 Å². The standard InChI is InChI=1S/C21H26N2O3S/c1-3-4-12-22-20(25)18-16-10-5-6-11-17(16)27-21(18)23-19(24)14-8-7-9-15(13-14)26-2/h7-9,13H,3-6,10-12H2,1-2H3,(H,22,25)(H,23,24). The van der Waals surface area contributed by atoms with Crippen molar-refractivity contribution in [2.24, 2.45) is 0 Å². The van der Waals surface area contributed by atoms with Crippen molar-refractivity contribution in [1.82, 2.24) is 5.32 Å². The molecule has 144 valence electrons. The molecule has 0 unspecified atom stereocenters. The van der Waals surface area contributed by atoms with Crippen molar-refractivity contribution in [3.05, 3.63) is 45.8 Å². The summed E-state index contributed by atoms with van der Waals surface area (Å²) < 4.78 is 5.20. The van der Waals surface area contributed by atoms with Crippen molar-refractivity contribution in [3.63, 3.8) is 0 Å². The first kappa shape index (κ1) is 19.4. The lowest BCUT2D eigenvalue weighted by molar-refractivity contribution is 0.0953. The Balaban J connectivity index is 1.86. The van der Waals surface area contributed by atoms with Gasteiger partial charge in [0.2, 0.25) is 0 Å². The number of nitrogens with one attached hydrogen (secondary N) is 2. The summed E-state index contributed by atoms with van der Waals surface area (Å²) in [6.07, 6.45) is 6.07. The Hall–Kier alpha value is -2.34. The van der Waals surface area contributed by atoms with E-state index in [1.807, 2.05) is 0 Å². The third-order valence-electron chi connectivity index (χ3n) is 4.77. The number of rotatable bonds is 7. The zero-order valence-electron chi connectivity index (χ0n) is 15.9. The van der Waals surface area contributed by atoms with Crippen molar-refractivity contribution in [2.75, 3.05) is 19.0 Å². The number of thiophene rings is 1. The number of carbonyl (C=O) groups excluding carboxylic acids is 2. The van der Waals surface area contributed by atoms with E-state index in [4.69, 9.17) is 4.74 Å². The normalized spacial score (nSPS) is 13.0. The van der Waals surface area contributed by atoms with Crippen molar-refractivity contribution in [2.45, 2.75) is 45.4 Å². The molecule has 1 aliphatic carbocycles. The van der Waals surface area contributed by atoms with E-state index in [0.29, 0.717) is 28.4 Å². The lowest BCUT2D eigenvalue weighted by Gasteiger charge is -2.13. The second-order valence-electron chi connectivity index (χ2n) is 6.71. The maximum atomic E-state index is 12.8. The highest BCUT2D eigenvalue weighted by Gasteiger charge is 2.26. The minimum Gasteiger partial charge on any atom is -0.497 e. The summed E-state index contributed by atoms with van der Waals surface area (Å²) in [7, 11) is 1.57. The molecule has 0 fully saturated rings. The Kier molecular flexibility index (Phi) is 6.50. The second-order valence-corrected chi connectivity index (χ2v) is 7.82. The van der Waals surface area contributed by atoms with E-state index in [1.165, 1.54) is 16.2 Å². The average Bonchev–Trinajstić information content (AvgIpc) is 3.06. The van der Waals surface area contributed by atoms with Crippen molar-refractivity contribution < 1.29 is 14.3 Å². The minimum absolute atomic E-state index is 0.0798. The molecule has 0 atom stereocenters. The molecule has 0 saturated carbocycles. The number of benzene rings is 1. The highest BCUT2D eigenvalue weighted by Crippen LogP contribution is 2.38. The van der Waals surface area contributed by atoms with Gasteiger partial charge in [-0.15, -0.1) is 11.3 Å². The van der Waals surface area contributed by atoms with Gasteiger partial charge in [0.25, 0.3) is 11.8 Å². The highest BCUT2D eigenvalue weighted by atomic mass is 32.1. The van der Waals surface area contributed by atoms with Crippen LogP contribution in [-0.4, -0.2) is 25.5 Å². The fourth-order valence-corrected chi connectivity index (χ4v) is 4.58. The van der Waals surface area contributed by atoms with E-state index in [2.05, 4.69) is 17.6 Å². The molecule has 1 heterocycles. The molecule has 27 heavy (non-hydrogen) atoms. The van der Waals surface area contributed by atoms with Gasteiger partial charge < -0.3 is 15.4 Å². The molecule has 2 amide bonds. The largest absolute Gasteiger partial charge is 0.497 e. The Labute approximate surface area is 164 Å². The zero-order valence-corrected chi connectivity index (χ0v) is 16.7. The molecule has 6 heteroatoms. The zero-order chi connectivity index (χ0) is 19.2. The Morgan fingerprint density at radius 1 is 1.19 bits per heavy atom. The van der Waals surface area contributed by atoms with Gasteiger partial charge in [-0.2, -0.15) is 0 Å². The first-order valence-electron chi connectivity index (χ1n) is 9.52. The molecular formula is C21H26N2O3S. The predicted octanol–water partition coefficient (Wildman–Crippen LogP) is 4.42.